The summed E-state index contributed by atoms with van der Waals surface area (Å²) in [5.74, 6) is 0.459. The van der Waals surface area contributed by atoms with E-state index >= 15 is 0 Å². The standard InChI is InChI=1S/C13H28N2O3S3/c1-13(2,10-18-21(3,4)20)9-12(17)14-6-5-11(16)15-7-8-19/h19-20H,5-10H2,1-4H3,(H,14,17)(H,15,16). The van der Waals surface area contributed by atoms with Gasteiger partial charge in [-0.3, -0.25) is 9.59 Å². The molecule has 0 bridgehead atoms. The van der Waals surface area contributed by atoms with Crippen molar-refractivity contribution in [3.63, 3.8) is 0 Å². The molecule has 0 unspecified atom stereocenters. The Morgan fingerprint density at radius 2 is 1.71 bits per heavy atom. The zero-order chi connectivity index (χ0) is 16.5. The Hall–Kier alpha value is -0.0500. The molecule has 5 nitrogen and oxygen atoms in total. The summed E-state index contributed by atoms with van der Waals surface area (Å²) in [6.07, 6.45) is 4.52. The summed E-state index contributed by atoms with van der Waals surface area (Å²) < 4.78 is 5.68. The SMILES string of the molecule is CC(C)(COS(C)(C)S)CC(=O)NCCC(=O)NCCS. The van der Waals surface area contributed by atoms with Gasteiger partial charge in [-0.1, -0.05) is 23.2 Å². The molecule has 2 amide bonds. The third kappa shape index (κ3) is 13.3. The summed E-state index contributed by atoms with van der Waals surface area (Å²) >= 11 is 8.38. The van der Waals surface area contributed by atoms with E-state index in [0.29, 0.717) is 31.9 Å². The minimum atomic E-state index is -1.33. The van der Waals surface area contributed by atoms with Gasteiger partial charge in [-0.2, -0.15) is 12.6 Å². The van der Waals surface area contributed by atoms with Crippen LogP contribution >= 0.6 is 33.6 Å². The maximum Gasteiger partial charge on any atom is 0.221 e. The third-order valence-electron chi connectivity index (χ3n) is 2.49. The highest BCUT2D eigenvalue weighted by Gasteiger charge is 2.24. The zero-order valence-corrected chi connectivity index (χ0v) is 15.9. The number of hydrogen-bond acceptors (Lipinski definition) is 5. The van der Waals surface area contributed by atoms with Gasteiger partial charge in [-0.15, -0.1) is 11.7 Å². The Kier molecular flexibility index (Phi) is 9.84. The van der Waals surface area contributed by atoms with E-state index in [0.717, 1.165) is 0 Å². The molecule has 0 aliphatic carbocycles. The second-order valence-electron chi connectivity index (χ2n) is 5.96. The Morgan fingerprint density at radius 3 is 2.24 bits per heavy atom. The van der Waals surface area contributed by atoms with Crippen molar-refractivity contribution in [3.05, 3.63) is 0 Å². The van der Waals surface area contributed by atoms with Crippen LogP contribution in [0.3, 0.4) is 0 Å². The predicted molar refractivity (Wildman–Crippen MR) is 97.3 cm³/mol. The lowest BCUT2D eigenvalue weighted by Gasteiger charge is -2.31. The average Bonchev–Trinajstić information content (AvgIpc) is 2.32. The van der Waals surface area contributed by atoms with Crippen LogP contribution in [0.5, 0.6) is 0 Å². The van der Waals surface area contributed by atoms with Crippen LogP contribution in [-0.4, -0.2) is 49.8 Å². The molecule has 8 heteroatoms. The minimum absolute atomic E-state index is 0.0717. The molecule has 0 aromatic carbocycles. The maximum absolute atomic E-state index is 11.9. The highest BCUT2D eigenvalue weighted by molar-refractivity contribution is 8.85. The van der Waals surface area contributed by atoms with Crippen LogP contribution < -0.4 is 10.6 Å². The van der Waals surface area contributed by atoms with E-state index in [9.17, 15) is 9.59 Å². The van der Waals surface area contributed by atoms with Gasteiger partial charge in [0.25, 0.3) is 0 Å². The molecule has 21 heavy (non-hydrogen) atoms. The first-order valence-electron chi connectivity index (χ1n) is 6.80. The van der Waals surface area contributed by atoms with Gasteiger partial charge in [0.1, 0.15) is 0 Å². The summed E-state index contributed by atoms with van der Waals surface area (Å²) in [7, 11) is -1.33. The Balaban J connectivity index is 3.94. The summed E-state index contributed by atoms with van der Waals surface area (Å²) in [5, 5.41) is 5.46. The van der Waals surface area contributed by atoms with Crippen molar-refractivity contribution in [1.82, 2.24) is 10.6 Å². The Bertz CT molecular complexity index is 344. The van der Waals surface area contributed by atoms with Gasteiger partial charge in [0.15, 0.2) is 0 Å². The zero-order valence-electron chi connectivity index (χ0n) is 13.3. The number of nitrogens with one attached hydrogen (secondary N) is 2. The number of rotatable bonds is 10. The maximum atomic E-state index is 11.9. The molecule has 0 aliphatic rings. The van der Waals surface area contributed by atoms with Gasteiger partial charge in [0.05, 0.1) is 6.61 Å². The fourth-order valence-electron chi connectivity index (χ4n) is 1.45. The highest BCUT2D eigenvalue weighted by Crippen LogP contribution is 2.47. The van der Waals surface area contributed by atoms with Crippen LogP contribution in [0.25, 0.3) is 0 Å². The topological polar surface area (TPSA) is 67.4 Å². The molecular formula is C13H28N2O3S3. The van der Waals surface area contributed by atoms with Gasteiger partial charge < -0.3 is 14.8 Å². The number of amides is 2. The second kappa shape index (κ2) is 9.86. The monoisotopic (exact) mass is 356 g/mol. The Labute approximate surface area is 140 Å². The van der Waals surface area contributed by atoms with Crippen LogP contribution in [0.4, 0.5) is 0 Å². The predicted octanol–water partition coefficient (Wildman–Crippen LogP) is 1.80. The molecule has 0 spiro atoms. The molecule has 0 atom stereocenters. The summed E-state index contributed by atoms with van der Waals surface area (Å²) in [6, 6.07) is 0. The number of carbonyl (C=O) groups is 2. The van der Waals surface area contributed by atoms with Crippen molar-refractivity contribution >= 4 is 45.4 Å². The molecule has 0 aromatic rings. The van der Waals surface area contributed by atoms with Crippen LogP contribution in [0.1, 0.15) is 26.7 Å². The van der Waals surface area contributed by atoms with E-state index in [1.54, 1.807) is 0 Å². The molecule has 0 saturated heterocycles. The molecule has 0 rings (SSSR count). The van der Waals surface area contributed by atoms with E-state index in [1.165, 1.54) is 0 Å². The normalized spacial score (nSPS) is 12.9. The third-order valence-corrected chi connectivity index (χ3v) is 3.72. The van der Waals surface area contributed by atoms with E-state index in [2.05, 4.69) is 34.9 Å². The van der Waals surface area contributed by atoms with E-state index in [-0.39, 0.29) is 23.7 Å². The molecule has 0 saturated carbocycles. The van der Waals surface area contributed by atoms with Crippen molar-refractivity contribution in [3.8, 4) is 0 Å². The van der Waals surface area contributed by atoms with Gasteiger partial charge in [-0.05, 0) is 17.9 Å². The van der Waals surface area contributed by atoms with Crippen LogP contribution in [-0.2, 0) is 13.8 Å². The van der Waals surface area contributed by atoms with Crippen LogP contribution in [0, 0.1) is 5.41 Å². The molecule has 126 valence electrons. The fourth-order valence-corrected chi connectivity index (χ4v) is 2.33. The van der Waals surface area contributed by atoms with E-state index in [4.69, 9.17) is 4.18 Å². The van der Waals surface area contributed by atoms with E-state index in [1.807, 2.05) is 26.4 Å². The van der Waals surface area contributed by atoms with Crippen molar-refractivity contribution in [2.75, 3.05) is 38.0 Å². The van der Waals surface area contributed by atoms with Crippen molar-refractivity contribution < 1.29 is 13.8 Å². The summed E-state index contributed by atoms with van der Waals surface area (Å²) in [4.78, 5) is 23.2. The quantitative estimate of drug-likeness (QED) is 0.356. The largest absolute Gasteiger partial charge is 0.356 e. The molecule has 0 fully saturated rings. The van der Waals surface area contributed by atoms with Gasteiger partial charge in [0.2, 0.25) is 11.8 Å². The first kappa shape index (κ1) is 20.9. The lowest BCUT2D eigenvalue weighted by molar-refractivity contribution is -0.123. The fraction of sp³-hybridized carbons (Fsp3) is 0.846. The molecule has 0 aromatic heterocycles. The van der Waals surface area contributed by atoms with Gasteiger partial charge in [0, 0.05) is 31.7 Å². The van der Waals surface area contributed by atoms with Crippen molar-refractivity contribution in [2.45, 2.75) is 26.7 Å². The smallest absolute Gasteiger partial charge is 0.221 e. The Morgan fingerprint density at radius 1 is 1.14 bits per heavy atom. The van der Waals surface area contributed by atoms with Gasteiger partial charge in [-0.25, -0.2) is 0 Å². The summed E-state index contributed by atoms with van der Waals surface area (Å²) in [6.45, 7) is 5.32. The van der Waals surface area contributed by atoms with Crippen LogP contribution in [0.15, 0.2) is 0 Å². The highest BCUT2D eigenvalue weighted by atomic mass is 33.1. The van der Waals surface area contributed by atoms with Crippen molar-refractivity contribution in [1.29, 1.82) is 0 Å². The van der Waals surface area contributed by atoms with E-state index < -0.39 is 9.34 Å². The lowest BCUT2D eigenvalue weighted by atomic mass is 9.90. The first-order valence-corrected chi connectivity index (χ1v) is 10.9. The van der Waals surface area contributed by atoms with Gasteiger partial charge >= 0.3 is 0 Å². The molecule has 0 heterocycles. The number of hydrogen-bond donors (Lipinski definition) is 4. The summed E-state index contributed by atoms with van der Waals surface area (Å²) in [5.41, 5.74) is -0.259. The average molecular weight is 357 g/mol. The molecule has 2 N–H and O–H groups in total. The number of carbonyl (C=O) groups excluding carboxylic acids is 2. The minimum Gasteiger partial charge on any atom is -0.356 e. The van der Waals surface area contributed by atoms with Crippen LogP contribution in [0.2, 0.25) is 0 Å². The first-order chi connectivity index (χ1) is 9.56. The lowest BCUT2D eigenvalue weighted by Crippen LogP contribution is -2.34. The second-order valence-corrected chi connectivity index (χ2v) is 11.6. The molecular weight excluding hydrogens is 328 g/mol. The molecule has 0 radical (unpaired) electrons. The molecule has 0 aliphatic heterocycles. The number of thiol groups is 2. The van der Waals surface area contributed by atoms with Crippen molar-refractivity contribution in [2.24, 2.45) is 5.41 Å².